The molecule has 1 heterocycles. The first-order valence-corrected chi connectivity index (χ1v) is 5.51. The molecule has 6 heteroatoms. The molecular weight excluding hydrogens is 227 g/mol. The van der Waals surface area contributed by atoms with Crippen LogP contribution in [0.5, 0.6) is 0 Å². The summed E-state index contributed by atoms with van der Waals surface area (Å²) in [6, 6.07) is -0.557. The topological polar surface area (TPSA) is 92.4 Å². The third-order valence-corrected chi connectivity index (χ3v) is 3.68. The van der Waals surface area contributed by atoms with E-state index in [0.29, 0.717) is 18.4 Å². The number of nitrogens with two attached hydrogens (primary N) is 1. The summed E-state index contributed by atoms with van der Waals surface area (Å²) in [4.78, 5) is 21.5. The Morgan fingerprint density at radius 2 is 2.24 bits per heavy atom. The number of hydrogen-bond acceptors (Lipinski definition) is 3. The number of amides is 1. The van der Waals surface area contributed by atoms with Crippen molar-refractivity contribution in [3.8, 4) is 0 Å². The lowest BCUT2D eigenvalue weighted by Gasteiger charge is -2.17. The number of fused-ring (bicyclic) bond motifs is 1. The molecule has 0 bridgehead atoms. The minimum absolute atomic E-state index is 0.263. The second-order valence-corrected chi connectivity index (χ2v) is 4.96. The fraction of sp³-hybridized carbons (Fsp3) is 0.636. The van der Waals surface area contributed by atoms with Crippen molar-refractivity contribution >= 4 is 11.9 Å². The average molecular weight is 242 g/mol. The molecule has 2 aliphatic rings. The van der Waals surface area contributed by atoms with E-state index in [1.54, 1.807) is 0 Å². The lowest BCUT2D eigenvalue weighted by Crippen LogP contribution is -2.40. The molecule has 4 N–H and O–H groups in total. The third kappa shape index (κ3) is 2.04. The molecule has 2 rings (SSSR count). The summed E-state index contributed by atoms with van der Waals surface area (Å²) < 4.78 is 13.3. The molecule has 0 unspecified atom stereocenters. The number of carboxylic acids is 1. The molecule has 0 aromatic rings. The summed E-state index contributed by atoms with van der Waals surface area (Å²) in [5.74, 6) is -2.60. The average Bonchev–Trinajstić information content (AvgIpc) is 2.78. The lowest BCUT2D eigenvalue weighted by atomic mass is 10.0. The summed E-state index contributed by atoms with van der Waals surface area (Å²) in [5.41, 5.74) is 4.81. The van der Waals surface area contributed by atoms with Gasteiger partial charge in [-0.1, -0.05) is 0 Å². The quantitative estimate of drug-likeness (QED) is 0.619. The smallest absolute Gasteiger partial charge is 0.320 e. The number of nitrogens with one attached hydrogen (secondary N) is 1. The van der Waals surface area contributed by atoms with Gasteiger partial charge in [-0.2, -0.15) is 0 Å². The fourth-order valence-electron chi connectivity index (χ4n) is 2.75. The van der Waals surface area contributed by atoms with Crippen molar-refractivity contribution in [3.63, 3.8) is 0 Å². The molecule has 0 aromatic heterocycles. The van der Waals surface area contributed by atoms with Gasteiger partial charge in [-0.25, -0.2) is 4.39 Å². The standard InChI is InChI=1S/C11H15FN2O3/c1-5(8(12)9(13)15)3-11-4-6(11)2-7(14-11)10(16)17/h6-7,14H,2-4H2,1H3,(H2,13,15)(H,16,17)/t6-,7-,11-/m0/s1. The summed E-state index contributed by atoms with van der Waals surface area (Å²) >= 11 is 0. The van der Waals surface area contributed by atoms with Gasteiger partial charge in [-0.15, -0.1) is 0 Å². The number of halogens is 1. The van der Waals surface area contributed by atoms with E-state index in [-0.39, 0.29) is 11.5 Å². The van der Waals surface area contributed by atoms with Crippen LogP contribution in [0.3, 0.4) is 0 Å². The number of rotatable bonds is 4. The van der Waals surface area contributed by atoms with Crippen molar-refractivity contribution in [2.24, 2.45) is 11.7 Å². The van der Waals surface area contributed by atoms with E-state index < -0.39 is 23.7 Å². The van der Waals surface area contributed by atoms with Crippen molar-refractivity contribution in [1.82, 2.24) is 5.32 Å². The highest BCUT2D eigenvalue weighted by Gasteiger charge is 2.61. The van der Waals surface area contributed by atoms with Crippen LogP contribution in [0.4, 0.5) is 4.39 Å². The Hall–Kier alpha value is -1.43. The van der Waals surface area contributed by atoms with Gasteiger partial charge in [0.25, 0.3) is 5.91 Å². The first kappa shape index (κ1) is 12.0. The molecule has 0 radical (unpaired) electrons. The van der Waals surface area contributed by atoms with Gasteiger partial charge in [0.2, 0.25) is 0 Å². The van der Waals surface area contributed by atoms with E-state index in [4.69, 9.17) is 10.8 Å². The van der Waals surface area contributed by atoms with Crippen LogP contribution < -0.4 is 11.1 Å². The summed E-state index contributed by atoms with van der Waals surface area (Å²) in [6.45, 7) is 1.51. The molecule has 2 fully saturated rings. The largest absolute Gasteiger partial charge is 0.480 e. The van der Waals surface area contributed by atoms with Gasteiger partial charge < -0.3 is 10.8 Å². The molecule has 1 amide bonds. The van der Waals surface area contributed by atoms with Crippen molar-refractivity contribution in [3.05, 3.63) is 11.4 Å². The maximum Gasteiger partial charge on any atom is 0.320 e. The van der Waals surface area contributed by atoms with E-state index in [0.717, 1.165) is 6.42 Å². The molecule has 1 aliphatic heterocycles. The molecule has 1 saturated heterocycles. The molecule has 1 aliphatic carbocycles. The molecule has 1 saturated carbocycles. The van der Waals surface area contributed by atoms with Gasteiger partial charge in [0.15, 0.2) is 5.83 Å². The molecule has 0 aromatic carbocycles. The van der Waals surface area contributed by atoms with Crippen molar-refractivity contribution < 1.29 is 19.1 Å². The number of carbonyl (C=O) groups is 2. The Bertz CT molecular complexity index is 421. The zero-order chi connectivity index (χ0) is 12.8. The van der Waals surface area contributed by atoms with E-state index >= 15 is 0 Å². The van der Waals surface area contributed by atoms with Gasteiger partial charge in [0.05, 0.1) is 0 Å². The highest BCUT2D eigenvalue weighted by Crippen LogP contribution is 2.55. The Labute approximate surface area is 97.9 Å². The normalized spacial score (nSPS) is 36.1. The Morgan fingerprint density at radius 3 is 2.71 bits per heavy atom. The van der Waals surface area contributed by atoms with Gasteiger partial charge >= 0.3 is 5.97 Å². The van der Waals surface area contributed by atoms with E-state index in [1.807, 2.05) is 0 Å². The highest BCUT2D eigenvalue weighted by molar-refractivity contribution is 5.90. The maximum atomic E-state index is 13.3. The summed E-state index contributed by atoms with van der Waals surface area (Å²) in [7, 11) is 0. The molecule has 3 atom stereocenters. The van der Waals surface area contributed by atoms with Crippen LogP contribution in [-0.2, 0) is 9.59 Å². The van der Waals surface area contributed by atoms with Gasteiger partial charge in [0, 0.05) is 5.54 Å². The van der Waals surface area contributed by atoms with Crippen molar-refractivity contribution in [2.75, 3.05) is 0 Å². The monoisotopic (exact) mass is 242 g/mol. The minimum atomic E-state index is -1.07. The second-order valence-electron chi connectivity index (χ2n) is 4.96. The molecule has 94 valence electrons. The van der Waals surface area contributed by atoms with Crippen molar-refractivity contribution in [2.45, 2.75) is 37.8 Å². The van der Waals surface area contributed by atoms with E-state index in [1.165, 1.54) is 6.92 Å². The van der Waals surface area contributed by atoms with Crippen LogP contribution in [0.15, 0.2) is 11.4 Å². The van der Waals surface area contributed by atoms with Crippen LogP contribution in [-0.4, -0.2) is 28.6 Å². The number of hydrogen-bond donors (Lipinski definition) is 3. The molecule has 0 spiro atoms. The number of primary amides is 1. The van der Waals surface area contributed by atoms with Crippen molar-refractivity contribution in [1.29, 1.82) is 0 Å². The Balaban J connectivity index is 2.05. The van der Waals surface area contributed by atoms with Crippen LogP contribution in [0.1, 0.15) is 26.2 Å². The molecular formula is C11H15FN2O3. The maximum absolute atomic E-state index is 13.3. The summed E-state index contributed by atoms with van der Waals surface area (Å²) in [6.07, 6.45) is 1.75. The first-order valence-electron chi connectivity index (χ1n) is 5.51. The van der Waals surface area contributed by atoms with E-state index in [9.17, 15) is 14.0 Å². The number of carbonyl (C=O) groups excluding carboxylic acids is 1. The van der Waals surface area contributed by atoms with Crippen LogP contribution in [0.25, 0.3) is 0 Å². The first-order chi connectivity index (χ1) is 7.85. The number of piperidine rings is 1. The van der Waals surface area contributed by atoms with Crippen LogP contribution in [0, 0.1) is 5.92 Å². The third-order valence-electron chi connectivity index (χ3n) is 3.68. The van der Waals surface area contributed by atoms with Crippen LogP contribution >= 0.6 is 0 Å². The fourth-order valence-corrected chi connectivity index (χ4v) is 2.75. The highest BCUT2D eigenvalue weighted by atomic mass is 19.1. The zero-order valence-electron chi connectivity index (χ0n) is 9.50. The zero-order valence-corrected chi connectivity index (χ0v) is 9.50. The lowest BCUT2D eigenvalue weighted by molar-refractivity contribution is -0.139. The Morgan fingerprint density at radius 1 is 1.59 bits per heavy atom. The Kier molecular flexibility index (Phi) is 2.69. The predicted octanol–water partition coefficient (Wildman–Crippen LogP) is 0.311. The number of aliphatic carboxylic acids is 1. The predicted molar refractivity (Wildman–Crippen MR) is 57.6 cm³/mol. The SMILES string of the molecule is CC(C[C@]12C[C@@H]1C[C@@H](C(=O)O)N2)=C(F)C(N)=O. The molecule has 17 heavy (non-hydrogen) atoms. The second kappa shape index (κ2) is 3.80. The van der Waals surface area contributed by atoms with Crippen LogP contribution in [0.2, 0.25) is 0 Å². The minimum Gasteiger partial charge on any atom is -0.480 e. The molecule has 5 nitrogen and oxygen atoms in total. The number of carboxylic acid groups (broad SMARTS) is 1. The summed E-state index contributed by atoms with van der Waals surface area (Å²) in [5, 5.41) is 11.9. The van der Waals surface area contributed by atoms with Gasteiger partial charge in [0.1, 0.15) is 6.04 Å². The van der Waals surface area contributed by atoms with Gasteiger partial charge in [-0.05, 0) is 37.7 Å². The van der Waals surface area contributed by atoms with E-state index in [2.05, 4.69) is 5.32 Å². The van der Waals surface area contributed by atoms with Gasteiger partial charge in [-0.3, -0.25) is 14.9 Å².